The molecule has 2 rings (SSSR count). The summed E-state index contributed by atoms with van der Waals surface area (Å²) in [6.07, 6.45) is 4.23. The maximum absolute atomic E-state index is 12.4. The third-order valence-electron chi connectivity index (χ3n) is 4.21. The van der Waals surface area contributed by atoms with Crippen LogP contribution in [0.3, 0.4) is 0 Å². The maximum Gasteiger partial charge on any atom is 0.308 e. The van der Waals surface area contributed by atoms with Gasteiger partial charge in [0.1, 0.15) is 0 Å². The lowest BCUT2D eigenvalue weighted by Crippen LogP contribution is -2.54. The first-order valence-electron chi connectivity index (χ1n) is 6.31. The SMILES string of the molecule is NCC1(C(=O)N2CCC[C@@H](C(=O)O)C2)CCC1. The fourth-order valence-corrected chi connectivity index (χ4v) is 2.81. The second-order valence-corrected chi connectivity index (χ2v) is 5.27. The zero-order valence-corrected chi connectivity index (χ0v) is 10.0. The highest BCUT2D eigenvalue weighted by Gasteiger charge is 2.46. The van der Waals surface area contributed by atoms with Crippen molar-refractivity contribution in [3.63, 3.8) is 0 Å². The lowest BCUT2D eigenvalue weighted by Gasteiger charge is -2.44. The van der Waals surface area contributed by atoms with Gasteiger partial charge in [0.15, 0.2) is 0 Å². The van der Waals surface area contributed by atoms with Crippen molar-refractivity contribution < 1.29 is 14.7 Å². The van der Waals surface area contributed by atoms with E-state index in [1.165, 1.54) is 0 Å². The summed E-state index contributed by atoms with van der Waals surface area (Å²) in [7, 11) is 0. The van der Waals surface area contributed by atoms with Gasteiger partial charge in [-0.05, 0) is 25.7 Å². The van der Waals surface area contributed by atoms with Gasteiger partial charge in [-0.15, -0.1) is 0 Å². The zero-order chi connectivity index (χ0) is 12.5. The Morgan fingerprint density at radius 1 is 1.35 bits per heavy atom. The Hall–Kier alpha value is -1.10. The van der Waals surface area contributed by atoms with Gasteiger partial charge in [0, 0.05) is 19.6 Å². The van der Waals surface area contributed by atoms with Gasteiger partial charge in [0.25, 0.3) is 0 Å². The van der Waals surface area contributed by atoms with Crippen molar-refractivity contribution in [2.75, 3.05) is 19.6 Å². The van der Waals surface area contributed by atoms with Crippen molar-refractivity contribution in [2.24, 2.45) is 17.1 Å². The molecule has 0 unspecified atom stereocenters. The number of likely N-dealkylation sites (tertiary alicyclic amines) is 1. The molecule has 0 spiro atoms. The predicted octanol–water partition coefficient (Wildman–Crippen LogP) is 0.439. The van der Waals surface area contributed by atoms with Crippen LogP contribution in [0.15, 0.2) is 0 Å². The molecule has 0 bridgehead atoms. The quantitative estimate of drug-likeness (QED) is 0.749. The Morgan fingerprint density at radius 3 is 2.53 bits per heavy atom. The van der Waals surface area contributed by atoms with Crippen LogP contribution in [0.25, 0.3) is 0 Å². The van der Waals surface area contributed by atoms with E-state index in [1.807, 2.05) is 0 Å². The Bertz CT molecular complexity index is 320. The number of carbonyl (C=O) groups excluding carboxylic acids is 1. The first kappa shape index (κ1) is 12.4. The molecule has 1 saturated heterocycles. The second kappa shape index (κ2) is 4.64. The topological polar surface area (TPSA) is 83.6 Å². The molecule has 1 heterocycles. The Labute approximate surface area is 101 Å². The van der Waals surface area contributed by atoms with Crippen LogP contribution in [0.5, 0.6) is 0 Å². The van der Waals surface area contributed by atoms with E-state index in [-0.39, 0.29) is 11.3 Å². The van der Waals surface area contributed by atoms with Gasteiger partial charge < -0.3 is 15.7 Å². The molecule has 5 nitrogen and oxygen atoms in total. The third kappa shape index (κ3) is 2.16. The summed E-state index contributed by atoms with van der Waals surface area (Å²) in [4.78, 5) is 25.0. The van der Waals surface area contributed by atoms with Crippen LogP contribution < -0.4 is 5.73 Å². The van der Waals surface area contributed by atoms with Crippen molar-refractivity contribution in [3.05, 3.63) is 0 Å². The molecule has 3 N–H and O–H groups in total. The van der Waals surface area contributed by atoms with Crippen molar-refractivity contribution in [1.29, 1.82) is 0 Å². The molecule has 2 fully saturated rings. The number of amides is 1. The van der Waals surface area contributed by atoms with Crippen LogP contribution in [-0.2, 0) is 9.59 Å². The molecule has 5 heteroatoms. The summed E-state index contributed by atoms with van der Waals surface area (Å²) in [5, 5.41) is 9.01. The summed E-state index contributed by atoms with van der Waals surface area (Å²) >= 11 is 0. The Balaban J connectivity index is 2.02. The molecular formula is C12H20N2O3. The minimum atomic E-state index is -0.794. The van der Waals surface area contributed by atoms with Crippen molar-refractivity contribution >= 4 is 11.9 Å². The summed E-state index contributed by atoms with van der Waals surface area (Å²) in [5.41, 5.74) is 5.33. The number of hydrogen-bond donors (Lipinski definition) is 2. The fraction of sp³-hybridized carbons (Fsp3) is 0.833. The molecule has 0 aromatic carbocycles. The number of carboxylic acids is 1. The molecule has 2 aliphatic rings. The normalized spacial score (nSPS) is 27.4. The van der Waals surface area contributed by atoms with E-state index >= 15 is 0 Å². The Morgan fingerprint density at radius 2 is 2.06 bits per heavy atom. The number of nitrogens with two attached hydrogens (primary N) is 1. The Kier molecular flexibility index (Phi) is 3.38. The summed E-state index contributed by atoms with van der Waals surface area (Å²) in [6, 6.07) is 0. The summed E-state index contributed by atoms with van der Waals surface area (Å²) < 4.78 is 0. The number of carbonyl (C=O) groups is 2. The van der Waals surface area contributed by atoms with Gasteiger partial charge in [-0.2, -0.15) is 0 Å². The van der Waals surface area contributed by atoms with Crippen molar-refractivity contribution in [1.82, 2.24) is 4.90 Å². The average Bonchev–Trinajstić information content (AvgIpc) is 2.28. The van der Waals surface area contributed by atoms with Crippen LogP contribution in [0.2, 0.25) is 0 Å². The lowest BCUT2D eigenvalue weighted by atomic mass is 9.67. The molecule has 96 valence electrons. The molecule has 0 aromatic rings. The van der Waals surface area contributed by atoms with Crippen LogP contribution in [0.4, 0.5) is 0 Å². The van der Waals surface area contributed by atoms with E-state index < -0.39 is 11.9 Å². The number of hydrogen-bond acceptors (Lipinski definition) is 3. The highest BCUT2D eigenvalue weighted by molar-refractivity contribution is 5.84. The van der Waals surface area contributed by atoms with Gasteiger partial charge in [0.05, 0.1) is 11.3 Å². The van der Waals surface area contributed by atoms with E-state index in [2.05, 4.69) is 0 Å². The molecule has 1 aliphatic carbocycles. The van der Waals surface area contributed by atoms with Gasteiger partial charge in [-0.3, -0.25) is 9.59 Å². The second-order valence-electron chi connectivity index (χ2n) is 5.27. The average molecular weight is 240 g/mol. The molecule has 0 radical (unpaired) electrons. The van der Waals surface area contributed by atoms with E-state index in [4.69, 9.17) is 10.8 Å². The molecule has 0 aromatic heterocycles. The fourth-order valence-electron chi connectivity index (χ4n) is 2.81. The van der Waals surface area contributed by atoms with Crippen LogP contribution in [0, 0.1) is 11.3 Å². The number of carboxylic acid groups (broad SMARTS) is 1. The molecule has 1 amide bonds. The number of rotatable bonds is 3. The predicted molar refractivity (Wildman–Crippen MR) is 62.3 cm³/mol. The largest absolute Gasteiger partial charge is 0.481 e. The van der Waals surface area contributed by atoms with E-state index in [9.17, 15) is 9.59 Å². The molecule has 1 aliphatic heterocycles. The molecule has 1 atom stereocenters. The highest BCUT2D eigenvalue weighted by Crippen LogP contribution is 2.42. The first-order valence-corrected chi connectivity index (χ1v) is 6.31. The number of nitrogens with zero attached hydrogens (tertiary/aromatic N) is 1. The summed E-state index contributed by atoms with van der Waals surface area (Å²) in [6.45, 7) is 1.43. The van der Waals surface area contributed by atoms with Crippen molar-refractivity contribution in [3.8, 4) is 0 Å². The van der Waals surface area contributed by atoms with E-state index in [1.54, 1.807) is 4.90 Å². The van der Waals surface area contributed by atoms with Crippen molar-refractivity contribution in [2.45, 2.75) is 32.1 Å². The van der Waals surface area contributed by atoms with E-state index in [0.717, 1.165) is 25.7 Å². The van der Waals surface area contributed by atoms with Crippen LogP contribution in [-0.4, -0.2) is 41.5 Å². The van der Waals surface area contributed by atoms with E-state index in [0.29, 0.717) is 26.1 Å². The van der Waals surface area contributed by atoms with Gasteiger partial charge in [-0.25, -0.2) is 0 Å². The minimum absolute atomic E-state index is 0.0807. The molecule has 17 heavy (non-hydrogen) atoms. The lowest BCUT2D eigenvalue weighted by molar-refractivity contribution is -0.152. The molecular weight excluding hydrogens is 220 g/mol. The zero-order valence-electron chi connectivity index (χ0n) is 10.0. The van der Waals surface area contributed by atoms with Gasteiger partial charge >= 0.3 is 5.97 Å². The maximum atomic E-state index is 12.4. The van der Waals surface area contributed by atoms with Gasteiger partial charge in [-0.1, -0.05) is 6.42 Å². The van der Waals surface area contributed by atoms with Crippen LogP contribution >= 0.6 is 0 Å². The monoisotopic (exact) mass is 240 g/mol. The van der Waals surface area contributed by atoms with Gasteiger partial charge in [0.2, 0.25) is 5.91 Å². The first-order chi connectivity index (χ1) is 8.09. The third-order valence-corrected chi connectivity index (χ3v) is 4.21. The highest BCUT2D eigenvalue weighted by atomic mass is 16.4. The van der Waals surface area contributed by atoms with Crippen LogP contribution in [0.1, 0.15) is 32.1 Å². The standard InChI is InChI=1S/C12H20N2O3/c13-8-12(4-2-5-12)11(17)14-6-1-3-9(7-14)10(15)16/h9H,1-8,13H2,(H,15,16)/t9-/m1/s1. The minimum Gasteiger partial charge on any atom is -0.481 e. The number of piperidine rings is 1. The smallest absolute Gasteiger partial charge is 0.308 e. The number of aliphatic carboxylic acids is 1. The summed E-state index contributed by atoms with van der Waals surface area (Å²) in [5.74, 6) is -1.11. The molecule has 1 saturated carbocycles.